The molecule has 1 aliphatic heterocycles. The smallest absolute Gasteiger partial charge is 0.305 e. The number of rotatable bonds is 11. The van der Waals surface area contributed by atoms with Crippen LogP contribution in [0, 0.1) is 5.92 Å². The number of benzene rings is 1. The summed E-state index contributed by atoms with van der Waals surface area (Å²) in [6.07, 6.45) is 3.48. The van der Waals surface area contributed by atoms with Crippen molar-refractivity contribution in [1.29, 1.82) is 0 Å². The molecule has 0 radical (unpaired) electrons. The van der Waals surface area contributed by atoms with Gasteiger partial charge in [-0.1, -0.05) is 37.8 Å². The number of carbonyl (C=O) groups is 2. The molecule has 0 unspecified atom stereocenters. The Morgan fingerprint density at radius 3 is 2.71 bits per heavy atom. The number of esters is 1. The highest BCUT2D eigenvalue weighted by Gasteiger charge is 2.31. The predicted molar refractivity (Wildman–Crippen MR) is 131 cm³/mol. The van der Waals surface area contributed by atoms with Crippen LogP contribution in [0.15, 0.2) is 21.5 Å². The minimum absolute atomic E-state index is 0.161. The Labute approximate surface area is 201 Å². The number of hydrogen-bond donors (Lipinski definition) is 0. The first-order chi connectivity index (χ1) is 14.8. The fourth-order valence-corrected chi connectivity index (χ4v) is 4.68. The highest BCUT2D eigenvalue weighted by Crippen LogP contribution is 2.39. The highest BCUT2D eigenvalue weighted by atomic mass is 79.9. The lowest BCUT2D eigenvalue weighted by molar-refractivity contribution is -0.141. The molecule has 0 spiro atoms. The zero-order valence-corrected chi connectivity index (χ0v) is 21.5. The molecule has 0 aliphatic carbocycles. The number of ether oxygens (including phenoxy) is 3. The van der Waals surface area contributed by atoms with Crippen molar-refractivity contribution in [3.8, 4) is 11.5 Å². The molecule has 1 aliphatic rings. The Balaban J connectivity index is 2.17. The molecule has 0 bridgehead atoms. The van der Waals surface area contributed by atoms with Crippen molar-refractivity contribution in [2.75, 3.05) is 26.9 Å². The average Bonchev–Trinajstić information content (AvgIpc) is 2.97. The van der Waals surface area contributed by atoms with E-state index >= 15 is 0 Å². The summed E-state index contributed by atoms with van der Waals surface area (Å²) in [5.41, 5.74) is 0.807. The molecule has 9 heteroatoms. The summed E-state index contributed by atoms with van der Waals surface area (Å²) < 4.78 is 17.6. The summed E-state index contributed by atoms with van der Waals surface area (Å²) in [7, 11) is 1.35. The van der Waals surface area contributed by atoms with E-state index in [1.54, 1.807) is 6.08 Å². The minimum atomic E-state index is -0.301. The predicted octanol–water partition coefficient (Wildman–Crippen LogP) is 5.43. The lowest BCUT2D eigenvalue weighted by Crippen LogP contribution is -2.29. The van der Waals surface area contributed by atoms with Gasteiger partial charge in [0.2, 0.25) is 0 Å². The second kappa shape index (κ2) is 12.5. The average molecular weight is 531 g/mol. The Morgan fingerprint density at radius 1 is 1.32 bits per heavy atom. The van der Waals surface area contributed by atoms with Gasteiger partial charge in [0.25, 0.3) is 5.91 Å². The SMILES string of the molecule is CCOc1cc(/C=C2/SC(=S)N(CCCC(=O)OC)C2=O)cc(Br)c1OCCC(C)C. The quantitative estimate of drug-likeness (QED) is 0.215. The van der Waals surface area contributed by atoms with Crippen molar-refractivity contribution in [1.82, 2.24) is 4.90 Å². The van der Waals surface area contributed by atoms with Gasteiger partial charge in [0, 0.05) is 13.0 Å². The van der Waals surface area contributed by atoms with Gasteiger partial charge in [0.05, 0.1) is 29.7 Å². The third kappa shape index (κ3) is 7.50. The van der Waals surface area contributed by atoms with Crippen molar-refractivity contribution < 1.29 is 23.8 Å². The fraction of sp³-hybridized carbons (Fsp3) is 0.500. The standard InChI is InChI=1S/C22H28BrNO5S2/c1-5-28-17-12-15(11-16(23)20(17)29-10-8-14(2)3)13-18-21(26)24(22(30)31-18)9-6-7-19(25)27-4/h11-14H,5-10H2,1-4H3/b18-13+. The maximum atomic E-state index is 12.8. The van der Waals surface area contributed by atoms with Gasteiger partial charge in [-0.25, -0.2) is 0 Å². The number of halogens is 1. The first kappa shape index (κ1) is 25.7. The maximum absolute atomic E-state index is 12.8. The molecule has 1 heterocycles. The van der Waals surface area contributed by atoms with Crippen molar-refractivity contribution in [2.24, 2.45) is 5.92 Å². The van der Waals surface area contributed by atoms with Crippen LogP contribution in [-0.2, 0) is 14.3 Å². The van der Waals surface area contributed by atoms with Crippen LogP contribution < -0.4 is 9.47 Å². The van der Waals surface area contributed by atoms with Crippen LogP contribution in [0.25, 0.3) is 6.08 Å². The lowest BCUT2D eigenvalue weighted by atomic mass is 10.1. The van der Waals surface area contributed by atoms with E-state index in [0.717, 1.165) is 16.5 Å². The second-order valence-electron chi connectivity index (χ2n) is 7.31. The molecule has 1 amide bonds. The van der Waals surface area contributed by atoms with E-state index in [4.69, 9.17) is 21.7 Å². The molecule has 0 aromatic heterocycles. The van der Waals surface area contributed by atoms with Crippen molar-refractivity contribution in [3.63, 3.8) is 0 Å². The van der Waals surface area contributed by atoms with Crippen molar-refractivity contribution in [2.45, 2.75) is 40.0 Å². The zero-order valence-electron chi connectivity index (χ0n) is 18.2. The summed E-state index contributed by atoms with van der Waals surface area (Å²) in [4.78, 5) is 26.2. The molecule has 6 nitrogen and oxygen atoms in total. The Morgan fingerprint density at radius 2 is 2.06 bits per heavy atom. The van der Waals surface area contributed by atoms with E-state index in [0.29, 0.717) is 52.8 Å². The molecule has 1 fully saturated rings. The topological polar surface area (TPSA) is 65.1 Å². The van der Waals surface area contributed by atoms with E-state index in [-0.39, 0.29) is 18.3 Å². The summed E-state index contributed by atoms with van der Waals surface area (Å²) in [6.45, 7) is 7.69. The third-order valence-electron chi connectivity index (χ3n) is 4.43. The molecule has 2 rings (SSSR count). The largest absolute Gasteiger partial charge is 0.490 e. The Kier molecular flexibility index (Phi) is 10.3. The van der Waals surface area contributed by atoms with E-state index in [9.17, 15) is 9.59 Å². The molecule has 0 N–H and O–H groups in total. The minimum Gasteiger partial charge on any atom is -0.490 e. The number of nitrogens with zero attached hydrogens (tertiary/aromatic N) is 1. The maximum Gasteiger partial charge on any atom is 0.305 e. The Hall–Kier alpha value is -1.58. The molecule has 0 atom stereocenters. The normalized spacial score (nSPS) is 15.2. The number of carbonyl (C=O) groups excluding carboxylic acids is 2. The van der Waals surface area contributed by atoms with Crippen LogP contribution in [-0.4, -0.2) is 48.0 Å². The third-order valence-corrected chi connectivity index (χ3v) is 6.40. The summed E-state index contributed by atoms with van der Waals surface area (Å²) in [5, 5.41) is 0. The Bertz CT molecular complexity index is 857. The van der Waals surface area contributed by atoms with Crippen LogP contribution in [0.1, 0.15) is 45.6 Å². The van der Waals surface area contributed by atoms with Gasteiger partial charge in [-0.2, -0.15) is 0 Å². The molecule has 1 aromatic carbocycles. The summed E-state index contributed by atoms with van der Waals surface area (Å²) >= 11 is 10.2. The van der Waals surface area contributed by atoms with Gasteiger partial charge in [-0.05, 0) is 65.4 Å². The number of thioether (sulfide) groups is 1. The van der Waals surface area contributed by atoms with Crippen LogP contribution in [0.3, 0.4) is 0 Å². The van der Waals surface area contributed by atoms with E-state index in [2.05, 4.69) is 34.5 Å². The first-order valence-electron chi connectivity index (χ1n) is 10.2. The van der Waals surface area contributed by atoms with Crippen molar-refractivity contribution >= 4 is 62.2 Å². The fourth-order valence-electron chi connectivity index (χ4n) is 2.80. The van der Waals surface area contributed by atoms with Crippen LogP contribution in [0.4, 0.5) is 0 Å². The van der Waals surface area contributed by atoms with E-state index < -0.39 is 0 Å². The van der Waals surface area contributed by atoms with Gasteiger partial charge in [-0.3, -0.25) is 14.5 Å². The number of methoxy groups -OCH3 is 1. The molecular weight excluding hydrogens is 502 g/mol. The monoisotopic (exact) mass is 529 g/mol. The van der Waals surface area contributed by atoms with Gasteiger partial charge >= 0.3 is 5.97 Å². The molecule has 0 saturated carbocycles. The highest BCUT2D eigenvalue weighted by molar-refractivity contribution is 9.10. The lowest BCUT2D eigenvalue weighted by Gasteiger charge is -2.15. The van der Waals surface area contributed by atoms with E-state index in [1.807, 2.05) is 19.1 Å². The molecule has 31 heavy (non-hydrogen) atoms. The number of thiocarbonyl (C=S) groups is 1. The molecule has 170 valence electrons. The second-order valence-corrected chi connectivity index (χ2v) is 9.84. The van der Waals surface area contributed by atoms with Gasteiger partial charge in [0.15, 0.2) is 11.5 Å². The van der Waals surface area contributed by atoms with Gasteiger partial charge in [0.1, 0.15) is 4.32 Å². The number of hydrogen-bond acceptors (Lipinski definition) is 7. The number of amides is 1. The molecular formula is C22H28BrNO5S2. The first-order valence-corrected chi connectivity index (χ1v) is 12.2. The summed E-state index contributed by atoms with van der Waals surface area (Å²) in [5.74, 6) is 1.37. The van der Waals surface area contributed by atoms with Gasteiger partial charge in [-0.15, -0.1) is 0 Å². The zero-order chi connectivity index (χ0) is 23.0. The van der Waals surface area contributed by atoms with Crippen LogP contribution in [0.2, 0.25) is 0 Å². The van der Waals surface area contributed by atoms with Gasteiger partial charge < -0.3 is 14.2 Å². The van der Waals surface area contributed by atoms with Crippen molar-refractivity contribution in [3.05, 3.63) is 27.1 Å². The molecule has 1 aromatic rings. The van der Waals surface area contributed by atoms with Crippen LogP contribution in [0.5, 0.6) is 11.5 Å². The van der Waals surface area contributed by atoms with E-state index in [1.165, 1.54) is 23.8 Å². The van der Waals surface area contributed by atoms with Crippen LogP contribution >= 0.6 is 39.9 Å². The molecule has 1 saturated heterocycles. The summed E-state index contributed by atoms with van der Waals surface area (Å²) in [6, 6.07) is 3.76.